The van der Waals surface area contributed by atoms with Gasteiger partial charge in [-0.1, -0.05) is 41.6 Å². The summed E-state index contributed by atoms with van der Waals surface area (Å²) < 4.78 is 1.92. The van der Waals surface area contributed by atoms with E-state index in [4.69, 9.17) is 5.73 Å². The minimum Gasteiger partial charge on any atom is -0.361 e. The first-order valence-corrected chi connectivity index (χ1v) is 8.02. The van der Waals surface area contributed by atoms with Crippen LogP contribution in [0.5, 0.6) is 0 Å². The van der Waals surface area contributed by atoms with Crippen LogP contribution in [0.2, 0.25) is 0 Å². The number of hydrogen-bond acceptors (Lipinski definition) is 3. The van der Waals surface area contributed by atoms with E-state index in [1.54, 1.807) is 0 Å². The van der Waals surface area contributed by atoms with Gasteiger partial charge in [-0.05, 0) is 30.2 Å². The molecule has 0 radical (unpaired) electrons. The zero-order chi connectivity index (χ0) is 16.5. The minimum absolute atomic E-state index is 0.379. The van der Waals surface area contributed by atoms with Gasteiger partial charge in [0.25, 0.3) is 0 Å². The molecule has 5 heteroatoms. The lowest BCUT2D eigenvalue weighted by Crippen LogP contribution is -2.08. The number of benzene rings is 2. The molecule has 0 amide bonds. The summed E-state index contributed by atoms with van der Waals surface area (Å²) in [5, 5.41) is 9.87. The lowest BCUT2D eigenvalue weighted by molar-refractivity contribution is 0.768. The molecule has 0 saturated heterocycles. The van der Waals surface area contributed by atoms with E-state index in [0.717, 1.165) is 34.6 Å². The molecule has 2 aromatic carbocycles. The largest absolute Gasteiger partial charge is 0.361 e. The van der Waals surface area contributed by atoms with Crippen LogP contribution in [0, 0.1) is 6.92 Å². The first-order chi connectivity index (χ1) is 11.8. The number of aromatic nitrogens is 4. The first-order valence-electron chi connectivity index (χ1n) is 8.02. The number of nitrogens with one attached hydrogen (secondary N) is 1. The van der Waals surface area contributed by atoms with Crippen LogP contribution in [0.1, 0.15) is 22.5 Å². The molecule has 0 atom stereocenters. The molecule has 0 spiro atoms. The fourth-order valence-electron chi connectivity index (χ4n) is 3.12. The molecule has 120 valence electrons. The zero-order valence-corrected chi connectivity index (χ0v) is 13.5. The van der Waals surface area contributed by atoms with E-state index < -0.39 is 0 Å². The molecular formula is C19H19N5. The molecule has 2 aromatic heterocycles. The van der Waals surface area contributed by atoms with Crippen molar-refractivity contribution in [2.45, 2.75) is 19.9 Å². The van der Waals surface area contributed by atoms with Gasteiger partial charge in [-0.2, -0.15) is 0 Å². The highest BCUT2D eigenvalue weighted by Crippen LogP contribution is 2.24. The topological polar surface area (TPSA) is 72.5 Å². The van der Waals surface area contributed by atoms with Crippen LogP contribution in [0.3, 0.4) is 0 Å². The summed E-state index contributed by atoms with van der Waals surface area (Å²) in [5.41, 5.74) is 12.3. The summed E-state index contributed by atoms with van der Waals surface area (Å²) in [6.07, 6.45) is 2.79. The van der Waals surface area contributed by atoms with Gasteiger partial charge in [0.2, 0.25) is 0 Å². The Bertz CT molecular complexity index is 996. The maximum atomic E-state index is 5.90. The Morgan fingerprint density at radius 1 is 1.08 bits per heavy atom. The van der Waals surface area contributed by atoms with Gasteiger partial charge >= 0.3 is 0 Å². The predicted molar refractivity (Wildman–Crippen MR) is 95.1 cm³/mol. The number of aryl methyl sites for hydroxylation is 1. The van der Waals surface area contributed by atoms with Crippen LogP contribution in [-0.4, -0.2) is 20.0 Å². The van der Waals surface area contributed by atoms with Gasteiger partial charge in [-0.15, -0.1) is 5.10 Å². The summed E-state index contributed by atoms with van der Waals surface area (Å²) in [4.78, 5) is 3.33. The highest BCUT2D eigenvalue weighted by atomic mass is 15.4. The van der Waals surface area contributed by atoms with Gasteiger partial charge in [0.05, 0.1) is 11.4 Å². The minimum atomic E-state index is 0.379. The molecule has 0 aliphatic rings. The van der Waals surface area contributed by atoms with E-state index >= 15 is 0 Å². The summed E-state index contributed by atoms with van der Waals surface area (Å²) in [7, 11) is 0. The van der Waals surface area contributed by atoms with Crippen LogP contribution in [0.15, 0.2) is 54.7 Å². The van der Waals surface area contributed by atoms with Crippen LogP contribution >= 0.6 is 0 Å². The van der Waals surface area contributed by atoms with Crippen LogP contribution < -0.4 is 5.73 Å². The molecule has 0 aliphatic heterocycles. The number of fused-ring (bicyclic) bond motifs is 1. The second-order valence-corrected chi connectivity index (χ2v) is 5.92. The van der Waals surface area contributed by atoms with Crippen molar-refractivity contribution in [1.82, 2.24) is 20.0 Å². The molecule has 5 nitrogen and oxygen atoms in total. The maximum Gasteiger partial charge on any atom is 0.100 e. The zero-order valence-electron chi connectivity index (χ0n) is 13.5. The normalized spacial score (nSPS) is 11.2. The molecule has 0 bridgehead atoms. The summed E-state index contributed by atoms with van der Waals surface area (Å²) >= 11 is 0. The molecule has 0 aliphatic carbocycles. The van der Waals surface area contributed by atoms with Gasteiger partial charge in [-0.25, -0.2) is 4.68 Å². The number of rotatable bonds is 4. The number of aromatic amines is 1. The van der Waals surface area contributed by atoms with E-state index in [1.165, 1.54) is 10.9 Å². The second-order valence-electron chi connectivity index (χ2n) is 5.92. The lowest BCUT2D eigenvalue weighted by atomic mass is 10.1. The van der Waals surface area contributed by atoms with E-state index in [2.05, 4.69) is 58.7 Å². The van der Waals surface area contributed by atoms with Gasteiger partial charge in [0.1, 0.15) is 5.69 Å². The van der Waals surface area contributed by atoms with Crippen LogP contribution in [-0.2, 0) is 13.0 Å². The van der Waals surface area contributed by atoms with Crippen molar-refractivity contribution >= 4 is 10.9 Å². The van der Waals surface area contributed by atoms with Crippen molar-refractivity contribution in [2.75, 3.05) is 0 Å². The van der Waals surface area contributed by atoms with Crippen LogP contribution in [0.4, 0.5) is 0 Å². The molecule has 0 fully saturated rings. The average Bonchev–Trinajstić information content (AvgIpc) is 3.20. The second kappa shape index (κ2) is 5.94. The van der Waals surface area contributed by atoms with E-state index in [9.17, 15) is 0 Å². The molecular weight excluding hydrogens is 298 g/mol. The van der Waals surface area contributed by atoms with Crippen molar-refractivity contribution in [2.24, 2.45) is 5.73 Å². The Balaban J connectivity index is 1.83. The standard InChI is InChI=1S/C19H19N5/c1-13-6-2-5-9-18(13)24-19(17(11-20)22-23-24)10-14-12-21-16-8-4-3-7-15(14)16/h2-9,12,21H,10-11,20H2,1H3. The highest BCUT2D eigenvalue weighted by Gasteiger charge is 2.16. The molecule has 0 saturated carbocycles. The highest BCUT2D eigenvalue weighted by molar-refractivity contribution is 5.83. The van der Waals surface area contributed by atoms with Crippen molar-refractivity contribution in [3.05, 3.63) is 77.2 Å². The van der Waals surface area contributed by atoms with E-state index in [-0.39, 0.29) is 0 Å². The monoisotopic (exact) mass is 317 g/mol. The Labute approximate surface area is 140 Å². The van der Waals surface area contributed by atoms with Crippen molar-refractivity contribution in [3.8, 4) is 5.69 Å². The third-order valence-corrected chi connectivity index (χ3v) is 4.41. The fourth-order valence-corrected chi connectivity index (χ4v) is 3.12. The Kier molecular flexibility index (Phi) is 3.63. The third kappa shape index (κ3) is 2.39. The number of para-hydroxylation sites is 2. The quantitative estimate of drug-likeness (QED) is 0.607. The fraction of sp³-hybridized carbons (Fsp3) is 0.158. The average molecular weight is 317 g/mol. The molecule has 4 rings (SSSR count). The van der Waals surface area contributed by atoms with E-state index in [0.29, 0.717) is 6.54 Å². The first kappa shape index (κ1) is 14.7. The van der Waals surface area contributed by atoms with Gasteiger partial charge < -0.3 is 10.7 Å². The molecule has 2 heterocycles. The third-order valence-electron chi connectivity index (χ3n) is 4.41. The number of hydrogen-bond donors (Lipinski definition) is 2. The predicted octanol–water partition coefficient (Wildman–Crippen LogP) is 3.11. The Hall–Kier alpha value is -2.92. The Morgan fingerprint density at radius 3 is 2.71 bits per heavy atom. The number of nitrogens with two attached hydrogens (primary N) is 1. The van der Waals surface area contributed by atoms with Crippen molar-refractivity contribution < 1.29 is 0 Å². The van der Waals surface area contributed by atoms with Gasteiger partial charge in [0, 0.05) is 30.1 Å². The molecule has 0 unspecified atom stereocenters. The molecule has 24 heavy (non-hydrogen) atoms. The molecule has 3 N–H and O–H groups in total. The number of H-pyrrole nitrogens is 1. The van der Waals surface area contributed by atoms with Crippen molar-refractivity contribution in [1.29, 1.82) is 0 Å². The van der Waals surface area contributed by atoms with E-state index in [1.807, 2.05) is 22.9 Å². The Morgan fingerprint density at radius 2 is 1.88 bits per heavy atom. The van der Waals surface area contributed by atoms with Crippen LogP contribution in [0.25, 0.3) is 16.6 Å². The smallest absolute Gasteiger partial charge is 0.100 e. The maximum absolute atomic E-state index is 5.90. The SMILES string of the molecule is Cc1ccccc1-n1nnc(CN)c1Cc1c[nH]c2ccccc12. The summed E-state index contributed by atoms with van der Waals surface area (Å²) in [6.45, 7) is 2.46. The van der Waals surface area contributed by atoms with Gasteiger partial charge in [-0.3, -0.25) is 0 Å². The number of nitrogens with zero attached hydrogens (tertiary/aromatic N) is 3. The summed E-state index contributed by atoms with van der Waals surface area (Å²) in [5.74, 6) is 0. The molecule has 4 aromatic rings. The summed E-state index contributed by atoms with van der Waals surface area (Å²) in [6, 6.07) is 16.5. The lowest BCUT2D eigenvalue weighted by Gasteiger charge is -2.10. The van der Waals surface area contributed by atoms with Gasteiger partial charge in [0.15, 0.2) is 0 Å². The van der Waals surface area contributed by atoms with Crippen molar-refractivity contribution in [3.63, 3.8) is 0 Å².